The van der Waals surface area contributed by atoms with Crippen molar-refractivity contribution in [2.75, 3.05) is 12.4 Å². The number of nitrogens with zero attached hydrogens (tertiary/aromatic N) is 1. The maximum atomic E-state index is 12.9. The second-order valence-electron chi connectivity index (χ2n) is 6.46. The molecule has 27 heavy (non-hydrogen) atoms. The van der Waals surface area contributed by atoms with Gasteiger partial charge in [-0.3, -0.25) is 9.59 Å². The van der Waals surface area contributed by atoms with E-state index >= 15 is 0 Å². The van der Waals surface area contributed by atoms with E-state index in [-0.39, 0.29) is 23.6 Å². The molecule has 138 valence electrons. The van der Waals surface area contributed by atoms with Crippen LogP contribution in [0.3, 0.4) is 0 Å². The summed E-state index contributed by atoms with van der Waals surface area (Å²) in [6.45, 7) is 3.86. The third kappa shape index (κ3) is 4.08. The van der Waals surface area contributed by atoms with E-state index in [0.717, 1.165) is 11.1 Å². The van der Waals surface area contributed by atoms with E-state index in [2.05, 4.69) is 5.32 Å². The monoisotopic (exact) mass is 362 g/mol. The highest BCUT2D eigenvalue weighted by atomic mass is 16.3. The highest BCUT2D eigenvalue weighted by Gasteiger charge is 2.20. The number of carbonyl (C=O) groups is 2. The lowest BCUT2D eigenvalue weighted by molar-refractivity contribution is 0.0742. The summed E-state index contributed by atoms with van der Waals surface area (Å²) >= 11 is 0. The highest BCUT2D eigenvalue weighted by Crippen LogP contribution is 2.23. The minimum absolute atomic E-state index is 0.0684. The van der Waals surface area contributed by atoms with E-state index in [1.165, 1.54) is 6.26 Å². The summed E-state index contributed by atoms with van der Waals surface area (Å²) < 4.78 is 5.12. The zero-order valence-corrected chi connectivity index (χ0v) is 15.6. The molecule has 1 heterocycles. The highest BCUT2D eigenvalue weighted by molar-refractivity contribution is 6.04. The molecular formula is C22H22N2O3. The Hall–Kier alpha value is -3.34. The van der Waals surface area contributed by atoms with Gasteiger partial charge in [0.15, 0.2) is 5.76 Å². The molecule has 5 nitrogen and oxygen atoms in total. The Morgan fingerprint density at radius 1 is 1.04 bits per heavy atom. The van der Waals surface area contributed by atoms with Gasteiger partial charge in [0.05, 0.1) is 12.3 Å². The molecule has 0 aliphatic carbocycles. The van der Waals surface area contributed by atoms with Crippen LogP contribution >= 0.6 is 0 Å². The van der Waals surface area contributed by atoms with Crippen LogP contribution < -0.4 is 5.32 Å². The molecule has 1 N–H and O–H groups in total. The topological polar surface area (TPSA) is 62.6 Å². The number of hydrogen-bond acceptors (Lipinski definition) is 3. The van der Waals surface area contributed by atoms with E-state index in [1.807, 2.05) is 50.2 Å². The van der Waals surface area contributed by atoms with Crippen LogP contribution in [0, 0.1) is 6.92 Å². The van der Waals surface area contributed by atoms with E-state index < -0.39 is 0 Å². The molecule has 0 saturated carbocycles. The third-order valence-corrected chi connectivity index (χ3v) is 4.66. The molecule has 5 heteroatoms. The number of carbonyl (C=O) groups excluding carboxylic acids is 2. The van der Waals surface area contributed by atoms with Crippen molar-refractivity contribution in [1.29, 1.82) is 0 Å². The number of amides is 2. The summed E-state index contributed by atoms with van der Waals surface area (Å²) in [5.41, 5.74) is 3.03. The Morgan fingerprint density at radius 3 is 2.44 bits per heavy atom. The number of benzene rings is 2. The zero-order chi connectivity index (χ0) is 19.4. The lowest BCUT2D eigenvalue weighted by Crippen LogP contribution is -2.29. The molecule has 0 aliphatic heterocycles. The molecule has 1 unspecified atom stereocenters. The second kappa shape index (κ2) is 7.91. The quantitative estimate of drug-likeness (QED) is 0.717. The lowest BCUT2D eigenvalue weighted by atomic mass is 10.0. The van der Waals surface area contributed by atoms with Gasteiger partial charge >= 0.3 is 0 Å². The molecule has 1 atom stereocenters. The predicted octanol–water partition coefficient (Wildman–Crippen LogP) is 4.67. The Bertz CT molecular complexity index is 933. The van der Waals surface area contributed by atoms with Crippen molar-refractivity contribution < 1.29 is 14.0 Å². The first-order chi connectivity index (χ1) is 13.0. The average molecular weight is 362 g/mol. The average Bonchev–Trinajstić information content (AvgIpc) is 3.23. The van der Waals surface area contributed by atoms with E-state index in [0.29, 0.717) is 11.3 Å². The molecule has 1 aromatic heterocycles. The normalized spacial score (nSPS) is 11.7. The molecule has 2 aromatic carbocycles. The van der Waals surface area contributed by atoms with Crippen molar-refractivity contribution >= 4 is 17.5 Å². The van der Waals surface area contributed by atoms with Gasteiger partial charge in [-0.05, 0) is 49.2 Å². The van der Waals surface area contributed by atoms with Crippen LogP contribution in [0.5, 0.6) is 0 Å². The van der Waals surface area contributed by atoms with Crippen LogP contribution in [0.1, 0.15) is 45.0 Å². The number of anilines is 1. The van der Waals surface area contributed by atoms with Crippen molar-refractivity contribution in [3.63, 3.8) is 0 Å². The molecular weight excluding hydrogens is 340 g/mol. The Morgan fingerprint density at radius 2 is 1.78 bits per heavy atom. The van der Waals surface area contributed by atoms with Gasteiger partial charge < -0.3 is 14.6 Å². The van der Waals surface area contributed by atoms with E-state index in [4.69, 9.17) is 4.42 Å². The smallest absolute Gasteiger partial charge is 0.291 e. The molecule has 0 radical (unpaired) electrons. The van der Waals surface area contributed by atoms with Crippen LogP contribution in [-0.4, -0.2) is 23.8 Å². The Labute approximate surface area is 158 Å². The fourth-order valence-electron chi connectivity index (χ4n) is 2.82. The molecule has 3 rings (SSSR count). The lowest BCUT2D eigenvalue weighted by Gasteiger charge is -2.25. The van der Waals surface area contributed by atoms with Gasteiger partial charge in [-0.2, -0.15) is 0 Å². The molecule has 0 fully saturated rings. The maximum absolute atomic E-state index is 12.9. The minimum Gasteiger partial charge on any atom is -0.459 e. The van der Waals surface area contributed by atoms with E-state index in [9.17, 15) is 9.59 Å². The van der Waals surface area contributed by atoms with Crippen LogP contribution in [0.25, 0.3) is 0 Å². The molecule has 2 amide bonds. The number of hydrogen-bond donors (Lipinski definition) is 1. The fourth-order valence-corrected chi connectivity index (χ4v) is 2.82. The summed E-state index contributed by atoms with van der Waals surface area (Å²) in [7, 11) is 1.78. The van der Waals surface area contributed by atoms with Crippen molar-refractivity contribution in [2.45, 2.75) is 19.9 Å². The molecule has 0 aliphatic rings. The van der Waals surface area contributed by atoms with Gasteiger partial charge in [0.25, 0.3) is 11.8 Å². The molecule has 3 aromatic rings. The summed E-state index contributed by atoms with van der Waals surface area (Å²) in [5, 5.41) is 2.80. The summed E-state index contributed by atoms with van der Waals surface area (Å²) in [4.78, 5) is 26.9. The SMILES string of the molecule is Cc1ccc(C(=O)N(C)C(C)c2ccccc2)cc1NC(=O)c1ccco1. The number of rotatable bonds is 5. The van der Waals surface area contributed by atoms with Crippen LogP contribution in [0.4, 0.5) is 5.69 Å². The van der Waals surface area contributed by atoms with Gasteiger partial charge in [0.1, 0.15) is 0 Å². The summed E-state index contributed by atoms with van der Waals surface area (Å²) in [6.07, 6.45) is 1.45. The first-order valence-electron chi connectivity index (χ1n) is 8.75. The second-order valence-corrected chi connectivity index (χ2v) is 6.46. The minimum atomic E-state index is -0.348. The predicted molar refractivity (Wildman–Crippen MR) is 105 cm³/mol. The third-order valence-electron chi connectivity index (χ3n) is 4.66. The Kier molecular flexibility index (Phi) is 5.41. The van der Waals surface area contributed by atoms with Crippen LogP contribution in [0.15, 0.2) is 71.3 Å². The fraction of sp³-hybridized carbons (Fsp3) is 0.182. The number of furan rings is 1. The Balaban J connectivity index is 1.80. The maximum Gasteiger partial charge on any atom is 0.291 e. The molecule has 0 spiro atoms. The van der Waals surface area contributed by atoms with Gasteiger partial charge in [-0.1, -0.05) is 36.4 Å². The molecule has 0 bridgehead atoms. The van der Waals surface area contributed by atoms with Crippen LogP contribution in [0.2, 0.25) is 0 Å². The number of aryl methyl sites for hydroxylation is 1. The van der Waals surface area contributed by atoms with Crippen molar-refractivity contribution in [2.24, 2.45) is 0 Å². The van der Waals surface area contributed by atoms with E-state index in [1.54, 1.807) is 36.2 Å². The van der Waals surface area contributed by atoms with Gasteiger partial charge in [-0.15, -0.1) is 0 Å². The number of nitrogens with one attached hydrogen (secondary N) is 1. The summed E-state index contributed by atoms with van der Waals surface area (Å²) in [5.74, 6) is -0.237. The van der Waals surface area contributed by atoms with Gasteiger partial charge in [0.2, 0.25) is 0 Å². The van der Waals surface area contributed by atoms with Crippen LogP contribution in [-0.2, 0) is 0 Å². The largest absolute Gasteiger partial charge is 0.459 e. The first-order valence-corrected chi connectivity index (χ1v) is 8.75. The zero-order valence-electron chi connectivity index (χ0n) is 15.6. The molecule has 0 saturated heterocycles. The first kappa shape index (κ1) is 18.5. The van der Waals surface area contributed by atoms with Crippen molar-refractivity contribution in [3.8, 4) is 0 Å². The van der Waals surface area contributed by atoms with Crippen molar-refractivity contribution in [3.05, 3.63) is 89.4 Å². The summed E-state index contributed by atoms with van der Waals surface area (Å²) in [6, 6.07) is 18.3. The van der Waals surface area contributed by atoms with Crippen molar-refractivity contribution in [1.82, 2.24) is 4.90 Å². The van der Waals surface area contributed by atoms with Gasteiger partial charge in [0, 0.05) is 18.3 Å². The standard InChI is InChI=1S/C22H22N2O3/c1-15-11-12-18(14-19(15)23-21(25)20-10-7-13-27-20)22(26)24(3)16(2)17-8-5-4-6-9-17/h4-14,16H,1-3H3,(H,23,25). The van der Waals surface area contributed by atoms with Gasteiger partial charge in [-0.25, -0.2) is 0 Å².